The number of phenols is 1. The number of fused-ring (bicyclic) bond motifs is 1. The Morgan fingerprint density at radius 3 is 2.47 bits per heavy atom. The SMILES string of the molecule is COC(=O)C(O)c1cc2c(cc1O)CCCC2. The minimum Gasteiger partial charge on any atom is -0.508 e. The highest BCUT2D eigenvalue weighted by atomic mass is 16.5. The molecule has 0 saturated heterocycles. The van der Waals surface area contributed by atoms with Crippen LogP contribution in [0.15, 0.2) is 12.1 Å². The van der Waals surface area contributed by atoms with Gasteiger partial charge in [-0.25, -0.2) is 4.79 Å². The summed E-state index contributed by atoms with van der Waals surface area (Å²) in [5.74, 6) is -0.792. The first-order valence-electron chi connectivity index (χ1n) is 5.74. The molecule has 1 unspecified atom stereocenters. The van der Waals surface area contributed by atoms with Gasteiger partial charge >= 0.3 is 5.97 Å². The molecular weight excluding hydrogens is 220 g/mol. The number of esters is 1. The van der Waals surface area contributed by atoms with Crippen LogP contribution in [0.2, 0.25) is 0 Å². The summed E-state index contributed by atoms with van der Waals surface area (Å²) >= 11 is 0. The molecule has 0 fully saturated rings. The number of rotatable bonds is 2. The lowest BCUT2D eigenvalue weighted by Crippen LogP contribution is -2.15. The Morgan fingerprint density at radius 1 is 1.29 bits per heavy atom. The van der Waals surface area contributed by atoms with E-state index in [1.807, 2.05) is 0 Å². The first-order chi connectivity index (χ1) is 8.13. The lowest BCUT2D eigenvalue weighted by Gasteiger charge is -2.19. The van der Waals surface area contributed by atoms with Gasteiger partial charge in [0.15, 0.2) is 6.10 Å². The second kappa shape index (κ2) is 4.75. The number of aromatic hydroxyl groups is 1. The normalized spacial score (nSPS) is 16.1. The number of ether oxygens (including phenoxy) is 1. The summed E-state index contributed by atoms with van der Waals surface area (Å²) in [6, 6.07) is 3.36. The lowest BCUT2D eigenvalue weighted by atomic mass is 9.89. The number of methoxy groups -OCH3 is 1. The van der Waals surface area contributed by atoms with Crippen molar-refractivity contribution in [3.8, 4) is 5.75 Å². The van der Waals surface area contributed by atoms with E-state index < -0.39 is 12.1 Å². The van der Waals surface area contributed by atoms with Gasteiger partial charge in [0, 0.05) is 5.56 Å². The molecular formula is C13H16O4. The highest BCUT2D eigenvalue weighted by Gasteiger charge is 2.23. The Morgan fingerprint density at radius 2 is 1.88 bits per heavy atom. The van der Waals surface area contributed by atoms with Crippen LogP contribution in [0.4, 0.5) is 0 Å². The first-order valence-corrected chi connectivity index (χ1v) is 5.74. The molecule has 1 aliphatic carbocycles. The van der Waals surface area contributed by atoms with E-state index in [2.05, 4.69) is 4.74 Å². The van der Waals surface area contributed by atoms with Crippen molar-refractivity contribution in [1.82, 2.24) is 0 Å². The Bertz CT molecular complexity index is 439. The maximum Gasteiger partial charge on any atom is 0.339 e. The molecule has 4 heteroatoms. The fourth-order valence-electron chi connectivity index (χ4n) is 2.25. The maximum absolute atomic E-state index is 11.2. The zero-order chi connectivity index (χ0) is 12.4. The van der Waals surface area contributed by atoms with Crippen molar-refractivity contribution in [3.05, 3.63) is 28.8 Å². The third-order valence-electron chi connectivity index (χ3n) is 3.21. The van der Waals surface area contributed by atoms with Crippen molar-refractivity contribution in [1.29, 1.82) is 0 Å². The van der Waals surface area contributed by atoms with E-state index in [9.17, 15) is 15.0 Å². The van der Waals surface area contributed by atoms with Gasteiger partial charge in [0.2, 0.25) is 0 Å². The fourth-order valence-corrected chi connectivity index (χ4v) is 2.25. The minimum absolute atomic E-state index is 0.0384. The van der Waals surface area contributed by atoms with E-state index in [0.29, 0.717) is 0 Å². The van der Waals surface area contributed by atoms with Gasteiger partial charge in [0.05, 0.1) is 7.11 Å². The lowest BCUT2D eigenvalue weighted by molar-refractivity contribution is -0.150. The third-order valence-corrected chi connectivity index (χ3v) is 3.21. The number of carbonyl (C=O) groups is 1. The average Bonchev–Trinajstić information content (AvgIpc) is 2.36. The topological polar surface area (TPSA) is 66.8 Å². The number of aliphatic hydroxyl groups is 1. The summed E-state index contributed by atoms with van der Waals surface area (Å²) in [6.07, 6.45) is 2.68. The van der Waals surface area contributed by atoms with E-state index in [1.165, 1.54) is 7.11 Å². The van der Waals surface area contributed by atoms with Gasteiger partial charge in [-0.3, -0.25) is 0 Å². The van der Waals surface area contributed by atoms with E-state index in [0.717, 1.165) is 36.8 Å². The molecule has 0 heterocycles. The number of hydrogen-bond acceptors (Lipinski definition) is 4. The number of phenolic OH excluding ortho intramolecular Hbond substituents is 1. The molecule has 17 heavy (non-hydrogen) atoms. The van der Waals surface area contributed by atoms with Crippen LogP contribution in [0.25, 0.3) is 0 Å². The van der Waals surface area contributed by atoms with Crippen LogP contribution in [0.1, 0.15) is 35.6 Å². The molecule has 2 N–H and O–H groups in total. The zero-order valence-electron chi connectivity index (χ0n) is 9.77. The zero-order valence-corrected chi connectivity index (χ0v) is 9.77. The molecule has 92 valence electrons. The Hall–Kier alpha value is -1.55. The molecule has 0 bridgehead atoms. The Labute approximate surface area is 99.8 Å². The van der Waals surface area contributed by atoms with Crippen LogP contribution in [-0.2, 0) is 22.4 Å². The average molecular weight is 236 g/mol. The molecule has 0 spiro atoms. The van der Waals surface area contributed by atoms with Gasteiger partial charge in [0.1, 0.15) is 5.75 Å². The number of aliphatic hydroxyl groups excluding tert-OH is 1. The Balaban J connectivity index is 2.37. The highest BCUT2D eigenvalue weighted by Crippen LogP contribution is 2.32. The second-order valence-corrected chi connectivity index (χ2v) is 4.31. The fraction of sp³-hybridized carbons (Fsp3) is 0.462. The summed E-state index contributed by atoms with van der Waals surface area (Å²) in [6.45, 7) is 0. The van der Waals surface area contributed by atoms with Crippen molar-refractivity contribution < 1.29 is 19.7 Å². The van der Waals surface area contributed by atoms with E-state index in [-0.39, 0.29) is 11.3 Å². The molecule has 1 atom stereocenters. The van der Waals surface area contributed by atoms with Crippen LogP contribution in [0.5, 0.6) is 5.75 Å². The predicted molar refractivity (Wildman–Crippen MR) is 61.7 cm³/mol. The number of hydrogen-bond donors (Lipinski definition) is 2. The van der Waals surface area contributed by atoms with Crippen molar-refractivity contribution in [3.63, 3.8) is 0 Å². The molecule has 4 nitrogen and oxygen atoms in total. The van der Waals surface area contributed by atoms with E-state index in [1.54, 1.807) is 12.1 Å². The quantitative estimate of drug-likeness (QED) is 0.763. The van der Waals surface area contributed by atoms with Crippen LogP contribution >= 0.6 is 0 Å². The minimum atomic E-state index is -1.41. The van der Waals surface area contributed by atoms with Crippen molar-refractivity contribution in [2.45, 2.75) is 31.8 Å². The van der Waals surface area contributed by atoms with Crippen LogP contribution in [-0.4, -0.2) is 23.3 Å². The molecule has 0 radical (unpaired) electrons. The number of aryl methyl sites for hydroxylation is 2. The van der Waals surface area contributed by atoms with Crippen LogP contribution in [0, 0.1) is 0 Å². The number of carbonyl (C=O) groups excluding carboxylic acids is 1. The largest absolute Gasteiger partial charge is 0.508 e. The standard InChI is InChI=1S/C13H16O4/c1-17-13(16)12(15)10-6-8-4-2-3-5-9(8)7-11(10)14/h6-7,12,14-15H,2-5H2,1H3. The van der Waals surface area contributed by atoms with Crippen molar-refractivity contribution in [2.24, 2.45) is 0 Å². The first kappa shape index (κ1) is 11.9. The van der Waals surface area contributed by atoms with Gasteiger partial charge in [-0.1, -0.05) is 0 Å². The van der Waals surface area contributed by atoms with Gasteiger partial charge in [-0.05, 0) is 48.9 Å². The molecule has 1 aromatic rings. The van der Waals surface area contributed by atoms with E-state index >= 15 is 0 Å². The van der Waals surface area contributed by atoms with E-state index in [4.69, 9.17) is 0 Å². The third kappa shape index (κ3) is 2.26. The summed E-state index contributed by atoms with van der Waals surface area (Å²) in [5, 5.41) is 19.6. The van der Waals surface area contributed by atoms with Crippen LogP contribution < -0.4 is 0 Å². The molecule has 1 aliphatic rings. The number of benzene rings is 1. The monoisotopic (exact) mass is 236 g/mol. The van der Waals surface area contributed by atoms with Gasteiger partial charge in [-0.15, -0.1) is 0 Å². The Kier molecular flexibility index (Phi) is 3.33. The van der Waals surface area contributed by atoms with Gasteiger partial charge < -0.3 is 14.9 Å². The summed E-state index contributed by atoms with van der Waals surface area (Å²) in [5.41, 5.74) is 2.44. The van der Waals surface area contributed by atoms with Gasteiger partial charge in [0.25, 0.3) is 0 Å². The van der Waals surface area contributed by atoms with Crippen molar-refractivity contribution >= 4 is 5.97 Å². The summed E-state index contributed by atoms with van der Waals surface area (Å²) < 4.78 is 4.47. The molecule has 0 saturated carbocycles. The van der Waals surface area contributed by atoms with Crippen molar-refractivity contribution in [2.75, 3.05) is 7.11 Å². The second-order valence-electron chi connectivity index (χ2n) is 4.31. The molecule has 0 aromatic heterocycles. The van der Waals surface area contributed by atoms with Crippen LogP contribution in [0.3, 0.4) is 0 Å². The highest BCUT2D eigenvalue weighted by molar-refractivity contribution is 5.77. The molecule has 2 rings (SSSR count). The summed E-state index contributed by atoms with van der Waals surface area (Å²) in [4.78, 5) is 11.2. The molecule has 0 aliphatic heterocycles. The van der Waals surface area contributed by atoms with Gasteiger partial charge in [-0.2, -0.15) is 0 Å². The summed E-state index contributed by atoms with van der Waals surface area (Å²) in [7, 11) is 1.21. The molecule has 0 amide bonds. The maximum atomic E-state index is 11.2. The molecule has 1 aromatic carbocycles. The smallest absolute Gasteiger partial charge is 0.339 e. The predicted octanol–water partition coefficient (Wildman–Crippen LogP) is 1.48.